The van der Waals surface area contributed by atoms with Crippen molar-refractivity contribution in [3.8, 4) is 0 Å². The van der Waals surface area contributed by atoms with Gasteiger partial charge < -0.3 is 5.11 Å². The minimum atomic E-state index is -0.884. The molecule has 0 aliphatic carbocycles. The Hall–Kier alpha value is -3.80. The molecule has 1 aliphatic heterocycles. The van der Waals surface area contributed by atoms with E-state index in [0.29, 0.717) is 16.8 Å². The van der Waals surface area contributed by atoms with Crippen LogP contribution < -0.4 is 4.90 Å². The van der Waals surface area contributed by atoms with E-state index in [4.69, 9.17) is 0 Å². The van der Waals surface area contributed by atoms with Crippen molar-refractivity contribution in [1.82, 2.24) is 4.98 Å². The van der Waals surface area contributed by atoms with Gasteiger partial charge in [-0.15, -0.1) is 0 Å². The van der Waals surface area contributed by atoms with Gasteiger partial charge in [0.1, 0.15) is 11.6 Å². The molecule has 1 aromatic heterocycles. The number of carbonyl (C=O) groups excluding carboxylic acids is 2. The summed E-state index contributed by atoms with van der Waals surface area (Å²) in [7, 11) is 0. The second-order valence-electron chi connectivity index (χ2n) is 6.80. The first-order chi connectivity index (χ1) is 14.0. The lowest BCUT2D eigenvalue weighted by molar-refractivity contribution is -0.132. The van der Waals surface area contributed by atoms with E-state index in [1.54, 1.807) is 30.3 Å². The van der Waals surface area contributed by atoms with Crippen molar-refractivity contribution in [1.29, 1.82) is 0 Å². The highest BCUT2D eigenvalue weighted by atomic mass is 19.1. The van der Waals surface area contributed by atoms with Crippen molar-refractivity contribution in [2.75, 3.05) is 4.90 Å². The van der Waals surface area contributed by atoms with Gasteiger partial charge in [-0.3, -0.25) is 19.5 Å². The first-order valence-corrected chi connectivity index (χ1v) is 9.01. The summed E-state index contributed by atoms with van der Waals surface area (Å²) in [5, 5.41) is 10.9. The number of hydrogen-bond acceptors (Lipinski definition) is 4. The van der Waals surface area contributed by atoms with Crippen molar-refractivity contribution < 1.29 is 19.1 Å². The number of rotatable bonds is 3. The van der Waals surface area contributed by atoms with E-state index in [9.17, 15) is 19.1 Å². The van der Waals surface area contributed by atoms with E-state index in [2.05, 4.69) is 4.98 Å². The fourth-order valence-corrected chi connectivity index (χ4v) is 3.50. The fourth-order valence-electron chi connectivity index (χ4n) is 3.50. The second-order valence-corrected chi connectivity index (χ2v) is 6.80. The molecule has 0 radical (unpaired) electrons. The molecule has 1 N–H and O–H groups in total. The van der Waals surface area contributed by atoms with Crippen molar-refractivity contribution in [3.05, 3.63) is 101 Å². The molecule has 3 aromatic rings. The van der Waals surface area contributed by atoms with Crippen LogP contribution in [0, 0.1) is 12.7 Å². The van der Waals surface area contributed by atoms with E-state index < -0.39 is 23.5 Å². The largest absolute Gasteiger partial charge is 0.507 e. The number of hydrogen-bond donors (Lipinski definition) is 1. The number of carbonyl (C=O) groups is 2. The molecule has 1 atom stereocenters. The fraction of sp³-hybridized carbons (Fsp3) is 0.0870. The van der Waals surface area contributed by atoms with Crippen molar-refractivity contribution in [2.24, 2.45) is 0 Å². The lowest BCUT2D eigenvalue weighted by atomic mass is 9.95. The topological polar surface area (TPSA) is 70.5 Å². The molecule has 0 saturated carbocycles. The first-order valence-electron chi connectivity index (χ1n) is 9.01. The molecule has 2 aromatic carbocycles. The van der Waals surface area contributed by atoms with Gasteiger partial charge in [0, 0.05) is 23.6 Å². The monoisotopic (exact) mass is 388 g/mol. The Labute approximate surface area is 166 Å². The van der Waals surface area contributed by atoms with Crippen LogP contribution >= 0.6 is 0 Å². The molecular weight excluding hydrogens is 371 g/mol. The number of aryl methyl sites for hydroxylation is 1. The van der Waals surface area contributed by atoms with Gasteiger partial charge in [-0.05, 0) is 54.4 Å². The summed E-state index contributed by atoms with van der Waals surface area (Å²) in [4.78, 5) is 31.2. The van der Waals surface area contributed by atoms with E-state index >= 15 is 0 Å². The van der Waals surface area contributed by atoms with Gasteiger partial charge in [0.15, 0.2) is 0 Å². The maximum absolute atomic E-state index is 13.5. The number of aromatic nitrogens is 1. The summed E-state index contributed by atoms with van der Waals surface area (Å²) >= 11 is 0. The lowest BCUT2D eigenvalue weighted by Crippen LogP contribution is -2.29. The van der Waals surface area contributed by atoms with Gasteiger partial charge in [0.2, 0.25) is 0 Å². The number of aliphatic hydroxyl groups excluding tert-OH is 1. The van der Waals surface area contributed by atoms with Gasteiger partial charge in [0.25, 0.3) is 11.7 Å². The minimum absolute atomic E-state index is 0.0469. The Morgan fingerprint density at radius 3 is 2.38 bits per heavy atom. The Balaban J connectivity index is 1.96. The molecule has 6 heteroatoms. The Bertz CT molecular complexity index is 1120. The molecule has 0 spiro atoms. The van der Waals surface area contributed by atoms with Crippen LogP contribution in [0.2, 0.25) is 0 Å². The van der Waals surface area contributed by atoms with E-state index in [1.165, 1.54) is 41.6 Å². The zero-order valence-corrected chi connectivity index (χ0v) is 15.5. The summed E-state index contributed by atoms with van der Waals surface area (Å²) in [6.07, 6.45) is 2.97. The molecule has 1 saturated heterocycles. The summed E-state index contributed by atoms with van der Waals surface area (Å²) in [6.45, 7) is 1.88. The van der Waals surface area contributed by atoms with E-state index in [-0.39, 0.29) is 11.3 Å². The van der Waals surface area contributed by atoms with Crippen LogP contribution in [-0.4, -0.2) is 21.8 Å². The Kier molecular flexibility index (Phi) is 4.68. The smallest absolute Gasteiger partial charge is 0.300 e. The highest BCUT2D eigenvalue weighted by molar-refractivity contribution is 6.51. The maximum atomic E-state index is 13.5. The zero-order valence-electron chi connectivity index (χ0n) is 15.5. The average molecular weight is 388 g/mol. The number of nitrogens with zero attached hydrogens (tertiary/aromatic N) is 2. The van der Waals surface area contributed by atoms with Crippen LogP contribution in [-0.2, 0) is 9.59 Å². The summed E-state index contributed by atoms with van der Waals surface area (Å²) < 4.78 is 13.5. The quantitative estimate of drug-likeness (QED) is 0.416. The third-order valence-corrected chi connectivity index (χ3v) is 4.86. The van der Waals surface area contributed by atoms with Crippen LogP contribution in [0.4, 0.5) is 10.1 Å². The highest BCUT2D eigenvalue weighted by Crippen LogP contribution is 2.42. The third kappa shape index (κ3) is 3.29. The zero-order chi connectivity index (χ0) is 20.5. The number of halogens is 1. The molecular formula is C23H17FN2O3. The van der Waals surface area contributed by atoms with Crippen LogP contribution in [0.15, 0.2) is 78.6 Å². The minimum Gasteiger partial charge on any atom is -0.507 e. The SMILES string of the molecule is Cc1cccc(N2C(=O)C(=O)/C(=C(/O)c3ccncc3)C2c2ccc(F)cc2)c1. The lowest BCUT2D eigenvalue weighted by Gasteiger charge is -2.25. The molecule has 1 fully saturated rings. The van der Waals surface area contributed by atoms with Crippen LogP contribution in [0.25, 0.3) is 5.76 Å². The standard InChI is InChI=1S/C23H17FN2O3/c1-14-3-2-4-18(13-14)26-20(15-5-7-17(24)8-6-15)19(22(28)23(26)29)21(27)16-9-11-25-12-10-16/h2-13,20,27H,1H3/b21-19+. The second kappa shape index (κ2) is 7.31. The van der Waals surface area contributed by atoms with E-state index in [1.807, 2.05) is 13.0 Å². The molecule has 1 amide bonds. The van der Waals surface area contributed by atoms with Gasteiger partial charge in [-0.1, -0.05) is 24.3 Å². The number of Topliss-reactive ketones (excluding diaryl/α,β-unsaturated/α-hetero) is 1. The third-order valence-electron chi connectivity index (χ3n) is 4.86. The van der Waals surface area contributed by atoms with Crippen molar-refractivity contribution >= 4 is 23.1 Å². The van der Waals surface area contributed by atoms with Gasteiger partial charge >= 0.3 is 0 Å². The highest BCUT2D eigenvalue weighted by Gasteiger charge is 2.46. The van der Waals surface area contributed by atoms with Gasteiger partial charge in [0.05, 0.1) is 11.6 Å². The van der Waals surface area contributed by atoms with Crippen LogP contribution in [0.1, 0.15) is 22.7 Å². The molecule has 1 aliphatic rings. The molecule has 1 unspecified atom stereocenters. The molecule has 2 heterocycles. The summed E-state index contributed by atoms with van der Waals surface area (Å²) in [5.41, 5.74) is 2.28. The molecule has 0 bridgehead atoms. The van der Waals surface area contributed by atoms with Crippen molar-refractivity contribution in [3.63, 3.8) is 0 Å². The molecule has 144 valence electrons. The number of ketones is 1. The number of aliphatic hydroxyl groups is 1. The average Bonchev–Trinajstić information content (AvgIpc) is 2.99. The van der Waals surface area contributed by atoms with E-state index in [0.717, 1.165) is 5.56 Å². The predicted octanol–water partition coefficient (Wildman–Crippen LogP) is 4.16. The Morgan fingerprint density at radius 1 is 1.03 bits per heavy atom. The Morgan fingerprint density at radius 2 is 1.72 bits per heavy atom. The van der Waals surface area contributed by atoms with Crippen LogP contribution in [0.3, 0.4) is 0 Å². The number of amides is 1. The predicted molar refractivity (Wildman–Crippen MR) is 107 cm³/mol. The normalized spacial score (nSPS) is 18.3. The number of anilines is 1. The summed E-state index contributed by atoms with van der Waals surface area (Å²) in [5.74, 6) is -2.28. The number of benzene rings is 2. The van der Waals surface area contributed by atoms with Crippen molar-refractivity contribution in [2.45, 2.75) is 13.0 Å². The molecule has 5 nitrogen and oxygen atoms in total. The summed E-state index contributed by atoms with van der Waals surface area (Å²) in [6, 6.07) is 14.9. The molecule has 29 heavy (non-hydrogen) atoms. The van der Waals surface area contributed by atoms with Crippen LogP contribution in [0.5, 0.6) is 0 Å². The first kappa shape index (κ1) is 18.6. The maximum Gasteiger partial charge on any atom is 0.300 e. The number of pyridine rings is 1. The van der Waals surface area contributed by atoms with Gasteiger partial charge in [-0.25, -0.2) is 4.39 Å². The van der Waals surface area contributed by atoms with Gasteiger partial charge in [-0.2, -0.15) is 0 Å². The molecule has 4 rings (SSSR count).